The zero-order valence-corrected chi connectivity index (χ0v) is 11.4. The topological polar surface area (TPSA) is 84.9 Å². The van der Waals surface area contributed by atoms with E-state index in [2.05, 4.69) is 5.32 Å². The summed E-state index contributed by atoms with van der Waals surface area (Å²) in [6.45, 7) is 0. The first kappa shape index (κ1) is 14.0. The van der Waals surface area contributed by atoms with Crippen LogP contribution >= 0.6 is 0 Å². The summed E-state index contributed by atoms with van der Waals surface area (Å²) in [5.74, 6) is 0.204. The third-order valence-electron chi connectivity index (χ3n) is 2.38. The van der Waals surface area contributed by atoms with E-state index in [0.717, 1.165) is 5.69 Å². The molecule has 0 aromatic heterocycles. The Morgan fingerprint density at radius 3 is 1.80 bits per heavy atom. The Hall–Kier alpha value is -2.41. The Kier molecular flexibility index (Phi) is 3.99. The minimum Gasteiger partial charge on any atom is -0.508 e. The van der Waals surface area contributed by atoms with Gasteiger partial charge in [0.25, 0.3) is 0 Å². The number of phenols is 1. The van der Waals surface area contributed by atoms with Crippen molar-refractivity contribution in [3.8, 4) is 17.2 Å². The zero-order valence-electron chi connectivity index (χ0n) is 10.6. The van der Waals surface area contributed by atoms with Gasteiger partial charge >= 0.3 is 10.4 Å². The molecule has 0 bridgehead atoms. The fraction of sp³-hybridized carbons (Fsp3) is 0.0769. The highest BCUT2D eigenvalue weighted by atomic mass is 32.3. The number of nitrogens with one attached hydrogen (secondary N) is 1. The first-order valence-electron chi connectivity index (χ1n) is 5.69. The van der Waals surface area contributed by atoms with Gasteiger partial charge in [0.05, 0.1) is 0 Å². The lowest BCUT2D eigenvalue weighted by Crippen LogP contribution is -2.16. The van der Waals surface area contributed by atoms with Gasteiger partial charge in [-0.25, -0.2) is 0 Å². The van der Waals surface area contributed by atoms with Crippen LogP contribution in [0.3, 0.4) is 0 Å². The molecule has 2 rings (SSSR count). The van der Waals surface area contributed by atoms with Gasteiger partial charge < -0.3 is 18.8 Å². The molecular formula is C13H13NO5S. The van der Waals surface area contributed by atoms with Gasteiger partial charge in [-0.15, -0.1) is 8.42 Å². The van der Waals surface area contributed by atoms with E-state index in [-0.39, 0.29) is 17.2 Å². The van der Waals surface area contributed by atoms with Crippen molar-refractivity contribution >= 4 is 16.1 Å². The molecule has 0 atom stereocenters. The fourth-order valence-electron chi connectivity index (χ4n) is 1.43. The molecular weight excluding hydrogens is 282 g/mol. The summed E-state index contributed by atoms with van der Waals surface area (Å²) in [7, 11) is -2.47. The maximum atomic E-state index is 11.7. The van der Waals surface area contributed by atoms with Crippen LogP contribution in [0.4, 0.5) is 5.69 Å². The molecule has 0 aliphatic carbocycles. The van der Waals surface area contributed by atoms with Gasteiger partial charge in [0.1, 0.15) is 17.2 Å². The summed E-state index contributed by atoms with van der Waals surface area (Å²) in [5, 5.41) is 12.0. The van der Waals surface area contributed by atoms with Crippen LogP contribution in [0.1, 0.15) is 0 Å². The van der Waals surface area contributed by atoms with E-state index in [1.165, 1.54) is 36.4 Å². The maximum Gasteiger partial charge on any atom is 0.500 e. The van der Waals surface area contributed by atoms with Crippen LogP contribution in [0, 0.1) is 0 Å². The second-order valence-electron chi connectivity index (χ2n) is 3.84. The van der Waals surface area contributed by atoms with Gasteiger partial charge in [-0.05, 0) is 48.5 Å². The third-order valence-corrected chi connectivity index (χ3v) is 3.17. The zero-order chi connectivity index (χ0) is 14.6. The van der Waals surface area contributed by atoms with Crippen molar-refractivity contribution in [2.75, 3.05) is 12.4 Å². The summed E-state index contributed by atoms with van der Waals surface area (Å²) in [5.41, 5.74) is 0.828. The van der Waals surface area contributed by atoms with Crippen LogP contribution in [0.2, 0.25) is 0 Å². The molecule has 0 fully saturated rings. The van der Waals surface area contributed by atoms with Crippen LogP contribution in [0.25, 0.3) is 0 Å². The molecule has 0 heterocycles. The first-order chi connectivity index (χ1) is 9.48. The summed E-state index contributed by atoms with van der Waals surface area (Å²) >= 11 is 0. The highest BCUT2D eigenvalue weighted by Gasteiger charge is 2.15. The molecule has 0 spiro atoms. The van der Waals surface area contributed by atoms with Crippen LogP contribution in [0.5, 0.6) is 17.2 Å². The molecule has 0 radical (unpaired) electrons. The smallest absolute Gasteiger partial charge is 0.500 e. The highest BCUT2D eigenvalue weighted by Crippen LogP contribution is 2.21. The molecule has 2 aromatic rings. The van der Waals surface area contributed by atoms with Crippen molar-refractivity contribution in [1.82, 2.24) is 0 Å². The molecule has 106 valence electrons. The Bertz CT molecular complexity index is 665. The largest absolute Gasteiger partial charge is 0.508 e. The Balaban J connectivity index is 2.08. The highest BCUT2D eigenvalue weighted by molar-refractivity contribution is 7.82. The lowest BCUT2D eigenvalue weighted by atomic mass is 10.3. The van der Waals surface area contributed by atoms with E-state index in [1.54, 1.807) is 19.2 Å². The first-order valence-corrected chi connectivity index (χ1v) is 7.02. The number of phenolic OH excluding ortho intramolecular Hbond substituents is 1. The van der Waals surface area contributed by atoms with Crippen LogP contribution in [0.15, 0.2) is 48.5 Å². The van der Waals surface area contributed by atoms with Gasteiger partial charge in [0.2, 0.25) is 0 Å². The van der Waals surface area contributed by atoms with Gasteiger partial charge in [-0.3, -0.25) is 0 Å². The van der Waals surface area contributed by atoms with E-state index < -0.39 is 10.4 Å². The molecule has 0 amide bonds. The van der Waals surface area contributed by atoms with E-state index in [9.17, 15) is 8.42 Å². The molecule has 0 saturated heterocycles. The van der Waals surface area contributed by atoms with E-state index in [0.29, 0.717) is 0 Å². The van der Waals surface area contributed by atoms with Gasteiger partial charge in [-0.1, -0.05) is 0 Å². The minimum atomic E-state index is -4.22. The SMILES string of the molecule is CNc1ccc(OS(=O)(=O)Oc2ccc(O)cc2)cc1. The molecule has 0 saturated carbocycles. The number of hydrogen-bond acceptors (Lipinski definition) is 6. The van der Waals surface area contributed by atoms with Crippen LogP contribution in [-0.4, -0.2) is 20.6 Å². The Morgan fingerprint density at radius 1 is 0.900 bits per heavy atom. The number of hydrogen-bond donors (Lipinski definition) is 2. The monoisotopic (exact) mass is 295 g/mol. The lowest BCUT2D eigenvalue weighted by molar-refractivity contribution is 0.392. The fourth-order valence-corrected chi connectivity index (χ4v) is 2.16. The molecule has 7 heteroatoms. The van der Waals surface area contributed by atoms with Crippen molar-refractivity contribution < 1.29 is 21.9 Å². The number of aromatic hydroxyl groups is 1. The summed E-state index contributed by atoms with van der Waals surface area (Å²) < 4.78 is 32.9. The molecule has 2 aromatic carbocycles. The summed E-state index contributed by atoms with van der Waals surface area (Å²) in [4.78, 5) is 0. The standard InChI is InChI=1S/C13H13NO5S/c1-14-10-2-6-12(7-3-10)18-20(16,17)19-13-8-4-11(15)5-9-13/h2-9,14-15H,1H3. The summed E-state index contributed by atoms with van der Waals surface area (Å²) in [6.07, 6.45) is 0. The van der Waals surface area contributed by atoms with Crippen molar-refractivity contribution in [1.29, 1.82) is 0 Å². The second-order valence-corrected chi connectivity index (χ2v) is 4.99. The van der Waals surface area contributed by atoms with Crippen molar-refractivity contribution in [2.24, 2.45) is 0 Å². The minimum absolute atomic E-state index is 0.0123. The van der Waals surface area contributed by atoms with E-state index in [1.807, 2.05) is 0 Å². The Labute approximate surface area is 116 Å². The molecule has 2 N–H and O–H groups in total. The van der Waals surface area contributed by atoms with E-state index >= 15 is 0 Å². The molecule has 0 aliphatic heterocycles. The van der Waals surface area contributed by atoms with E-state index in [4.69, 9.17) is 13.5 Å². The van der Waals surface area contributed by atoms with Crippen LogP contribution in [-0.2, 0) is 10.4 Å². The average Bonchev–Trinajstić information content (AvgIpc) is 2.41. The molecule has 0 unspecified atom stereocenters. The van der Waals surface area contributed by atoms with Crippen molar-refractivity contribution in [3.63, 3.8) is 0 Å². The number of benzene rings is 2. The number of rotatable bonds is 5. The third kappa shape index (κ3) is 3.79. The van der Waals surface area contributed by atoms with Gasteiger partial charge in [0, 0.05) is 12.7 Å². The van der Waals surface area contributed by atoms with Gasteiger partial charge in [0.15, 0.2) is 0 Å². The molecule has 6 nitrogen and oxygen atoms in total. The average molecular weight is 295 g/mol. The molecule has 0 aliphatic rings. The normalized spacial score (nSPS) is 10.8. The van der Waals surface area contributed by atoms with Crippen molar-refractivity contribution in [3.05, 3.63) is 48.5 Å². The predicted molar refractivity (Wildman–Crippen MR) is 74.3 cm³/mol. The summed E-state index contributed by atoms with van der Waals surface area (Å²) in [6, 6.07) is 11.6. The second kappa shape index (κ2) is 5.70. The number of anilines is 1. The Morgan fingerprint density at radius 2 is 1.35 bits per heavy atom. The quantitative estimate of drug-likeness (QED) is 0.879. The predicted octanol–water partition coefficient (Wildman–Crippen LogP) is 2.14. The van der Waals surface area contributed by atoms with Crippen molar-refractivity contribution in [2.45, 2.75) is 0 Å². The van der Waals surface area contributed by atoms with Gasteiger partial charge in [-0.2, -0.15) is 0 Å². The lowest BCUT2D eigenvalue weighted by Gasteiger charge is -2.08. The molecule has 20 heavy (non-hydrogen) atoms. The van der Waals surface area contributed by atoms with Crippen LogP contribution < -0.4 is 13.7 Å². The maximum absolute atomic E-state index is 11.7.